The van der Waals surface area contributed by atoms with E-state index >= 15 is 0 Å². The second kappa shape index (κ2) is 10.00. The molecule has 1 aliphatic rings. The lowest BCUT2D eigenvalue weighted by Gasteiger charge is -2.30. The van der Waals surface area contributed by atoms with Crippen LogP contribution in [-0.2, 0) is 9.59 Å². The van der Waals surface area contributed by atoms with Crippen LogP contribution in [0.4, 0.5) is 0 Å². The van der Waals surface area contributed by atoms with Crippen molar-refractivity contribution in [2.24, 2.45) is 5.92 Å². The summed E-state index contributed by atoms with van der Waals surface area (Å²) in [5, 5.41) is 9.16. The van der Waals surface area contributed by atoms with Gasteiger partial charge in [0.25, 0.3) is 0 Å². The van der Waals surface area contributed by atoms with Gasteiger partial charge in [0.15, 0.2) is 0 Å². The first-order valence-corrected chi connectivity index (χ1v) is 7.28. The van der Waals surface area contributed by atoms with E-state index < -0.39 is 0 Å². The number of carbonyl (C=O) groups is 2. The van der Waals surface area contributed by atoms with Crippen molar-refractivity contribution in [3.8, 4) is 0 Å². The van der Waals surface area contributed by atoms with Crippen LogP contribution < -0.4 is 16.0 Å². The first kappa shape index (κ1) is 19.2. The van der Waals surface area contributed by atoms with Crippen molar-refractivity contribution in [3.63, 3.8) is 0 Å². The highest BCUT2D eigenvalue weighted by molar-refractivity contribution is 5.85. The van der Waals surface area contributed by atoms with Crippen molar-refractivity contribution in [2.75, 3.05) is 13.1 Å². The zero-order valence-corrected chi connectivity index (χ0v) is 13.5. The predicted octanol–water partition coefficient (Wildman–Crippen LogP) is 1.22. The molecule has 1 heterocycles. The van der Waals surface area contributed by atoms with E-state index in [0.29, 0.717) is 25.2 Å². The van der Waals surface area contributed by atoms with Gasteiger partial charge in [-0.15, -0.1) is 12.4 Å². The Morgan fingerprint density at radius 2 is 1.90 bits per heavy atom. The minimum Gasteiger partial charge on any atom is -0.354 e. The normalized spacial score (nSPS) is 22.0. The van der Waals surface area contributed by atoms with Gasteiger partial charge in [0.1, 0.15) is 0 Å². The van der Waals surface area contributed by atoms with Crippen LogP contribution in [0.15, 0.2) is 0 Å². The number of hydrogen-bond acceptors (Lipinski definition) is 3. The fraction of sp³-hybridized carbons (Fsp3) is 0.857. The molecule has 2 atom stereocenters. The molecule has 1 fully saturated rings. The molecule has 1 saturated heterocycles. The van der Waals surface area contributed by atoms with E-state index in [2.05, 4.69) is 22.9 Å². The van der Waals surface area contributed by atoms with Crippen LogP contribution in [-0.4, -0.2) is 37.0 Å². The number of piperidine rings is 1. The van der Waals surface area contributed by atoms with E-state index in [1.807, 2.05) is 13.8 Å². The van der Waals surface area contributed by atoms with Gasteiger partial charge in [-0.05, 0) is 39.2 Å². The molecule has 118 valence electrons. The van der Waals surface area contributed by atoms with E-state index in [0.717, 1.165) is 19.5 Å². The Labute approximate surface area is 128 Å². The summed E-state index contributed by atoms with van der Waals surface area (Å²) in [5.74, 6) is 0.600. The number of nitrogens with one attached hydrogen (secondary N) is 3. The topological polar surface area (TPSA) is 70.2 Å². The molecule has 2 unspecified atom stereocenters. The van der Waals surface area contributed by atoms with Crippen LogP contribution in [0.1, 0.15) is 46.5 Å². The van der Waals surface area contributed by atoms with Crippen LogP contribution in [0.5, 0.6) is 0 Å². The molecular weight excluding hydrogens is 278 g/mol. The minimum absolute atomic E-state index is 0. The van der Waals surface area contributed by atoms with Gasteiger partial charge in [-0.1, -0.05) is 6.92 Å². The number of halogens is 1. The highest BCUT2D eigenvalue weighted by Gasteiger charge is 2.22. The molecule has 0 aromatic carbocycles. The molecule has 0 spiro atoms. The maximum Gasteiger partial charge on any atom is 0.220 e. The third-order valence-corrected chi connectivity index (χ3v) is 3.43. The Morgan fingerprint density at radius 1 is 1.25 bits per heavy atom. The Balaban J connectivity index is 0.00000361. The van der Waals surface area contributed by atoms with Crippen LogP contribution in [0.25, 0.3) is 0 Å². The molecule has 0 saturated carbocycles. The molecule has 5 nitrogen and oxygen atoms in total. The lowest BCUT2D eigenvalue weighted by Crippen LogP contribution is -2.50. The molecule has 6 heteroatoms. The summed E-state index contributed by atoms with van der Waals surface area (Å²) in [7, 11) is 0. The maximum atomic E-state index is 11.8. The third-order valence-electron chi connectivity index (χ3n) is 3.43. The fourth-order valence-corrected chi connectivity index (χ4v) is 2.27. The van der Waals surface area contributed by atoms with Crippen molar-refractivity contribution in [1.29, 1.82) is 0 Å². The Kier molecular flexibility index (Phi) is 9.59. The minimum atomic E-state index is 0. The summed E-state index contributed by atoms with van der Waals surface area (Å²) in [6.07, 6.45) is 2.56. The van der Waals surface area contributed by atoms with Crippen molar-refractivity contribution in [2.45, 2.75) is 58.5 Å². The van der Waals surface area contributed by atoms with Gasteiger partial charge in [0.05, 0.1) is 0 Å². The zero-order chi connectivity index (χ0) is 14.3. The Bertz CT molecular complexity index is 311. The molecule has 0 radical (unpaired) electrons. The second-order valence-electron chi connectivity index (χ2n) is 5.72. The van der Waals surface area contributed by atoms with E-state index in [-0.39, 0.29) is 36.3 Å². The predicted molar refractivity (Wildman–Crippen MR) is 83.0 cm³/mol. The lowest BCUT2D eigenvalue weighted by atomic mass is 9.94. The second-order valence-corrected chi connectivity index (χ2v) is 5.72. The summed E-state index contributed by atoms with van der Waals surface area (Å²) in [5.41, 5.74) is 0. The summed E-state index contributed by atoms with van der Waals surface area (Å²) in [6, 6.07) is 0.390. The van der Waals surface area contributed by atoms with Crippen LogP contribution in [0.2, 0.25) is 0 Å². The van der Waals surface area contributed by atoms with Gasteiger partial charge in [0, 0.05) is 31.5 Å². The maximum absolute atomic E-state index is 11.8. The first-order valence-electron chi connectivity index (χ1n) is 7.28. The van der Waals surface area contributed by atoms with Crippen LogP contribution >= 0.6 is 12.4 Å². The van der Waals surface area contributed by atoms with Crippen LogP contribution in [0, 0.1) is 5.92 Å². The number of hydrogen-bond donors (Lipinski definition) is 3. The van der Waals surface area contributed by atoms with Gasteiger partial charge >= 0.3 is 0 Å². The quantitative estimate of drug-likeness (QED) is 0.691. The van der Waals surface area contributed by atoms with Crippen molar-refractivity contribution >= 4 is 24.2 Å². The van der Waals surface area contributed by atoms with E-state index in [4.69, 9.17) is 0 Å². The largest absolute Gasteiger partial charge is 0.354 e. The SMILES string of the molecule is CC(C)NC(=O)CCCC(=O)NC1CNCCC1C.Cl. The highest BCUT2D eigenvalue weighted by Crippen LogP contribution is 2.11. The molecule has 0 aliphatic carbocycles. The summed E-state index contributed by atoms with van der Waals surface area (Å²) >= 11 is 0. The standard InChI is InChI=1S/C14H27N3O2.ClH/c1-10(2)16-13(18)5-4-6-14(19)17-12-9-15-8-7-11(12)3;/h10-12,15H,4-9H2,1-3H3,(H,16,18)(H,17,19);1H. The van der Waals surface area contributed by atoms with E-state index in [1.54, 1.807) is 0 Å². The molecule has 20 heavy (non-hydrogen) atoms. The fourth-order valence-electron chi connectivity index (χ4n) is 2.27. The molecule has 0 aromatic heterocycles. The van der Waals surface area contributed by atoms with Gasteiger partial charge in [0.2, 0.25) is 11.8 Å². The van der Waals surface area contributed by atoms with Crippen molar-refractivity contribution in [3.05, 3.63) is 0 Å². The first-order chi connectivity index (χ1) is 8.99. The molecule has 0 bridgehead atoms. The average molecular weight is 306 g/mol. The lowest BCUT2D eigenvalue weighted by molar-refractivity contribution is -0.123. The van der Waals surface area contributed by atoms with Crippen molar-refractivity contribution < 1.29 is 9.59 Å². The third kappa shape index (κ3) is 7.70. The molecule has 2 amide bonds. The van der Waals surface area contributed by atoms with Gasteiger partial charge in [-0.3, -0.25) is 9.59 Å². The Morgan fingerprint density at radius 3 is 2.50 bits per heavy atom. The molecule has 3 N–H and O–H groups in total. The zero-order valence-electron chi connectivity index (χ0n) is 12.7. The van der Waals surface area contributed by atoms with Gasteiger partial charge in [-0.25, -0.2) is 0 Å². The average Bonchev–Trinajstić information content (AvgIpc) is 2.31. The molecule has 0 aromatic rings. The molecular formula is C14H28ClN3O2. The van der Waals surface area contributed by atoms with E-state index in [9.17, 15) is 9.59 Å². The summed E-state index contributed by atoms with van der Waals surface area (Å²) in [4.78, 5) is 23.2. The van der Waals surface area contributed by atoms with Crippen LogP contribution in [0.3, 0.4) is 0 Å². The summed E-state index contributed by atoms with van der Waals surface area (Å²) in [6.45, 7) is 7.91. The van der Waals surface area contributed by atoms with Gasteiger partial charge < -0.3 is 16.0 Å². The number of rotatable bonds is 6. The molecule has 1 aliphatic heterocycles. The number of carbonyl (C=O) groups excluding carboxylic acids is 2. The van der Waals surface area contributed by atoms with Crippen molar-refractivity contribution in [1.82, 2.24) is 16.0 Å². The smallest absolute Gasteiger partial charge is 0.220 e. The number of amides is 2. The van der Waals surface area contributed by atoms with E-state index in [1.165, 1.54) is 0 Å². The monoisotopic (exact) mass is 305 g/mol. The van der Waals surface area contributed by atoms with Gasteiger partial charge in [-0.2, -0.15) is 0 Å². The highest BCUT2D eigenvalue weighted by atomic mass is 35.5. The summed E-state index contributed by atoms with van der Waals surface area (Å²) < 4.78 is 0. The Hall–Kier alpha value is -0.810. The molecule has 1 rings (SSSR count).